The second-order valence-corrected chi connectivity index (χ2v) is 10.2. The largest absolute Gasteiger partial charge is 0.480 e. The van der Waals surface area contributed by atoms with Crippen LogP contribution in [-0.2, 0) is 4.79 Å². The Morgan fingerprint density at radius 1 is 1.05 bits per heavy atom. The van der Waals surface area contributed by atoms with E-state index in [9.17, 15) is 36.6 Å². The number of aliphatic carboxylic acids is 1. The number of amides is 1. The van der Waals surface area contributed by atoms with Gasteiger partial charge in [0.2, 0.25) is 5.88 Å². The fourth-order valence-electron chi connectivity index (χ4n) is 4.88. The van der Waals surface area contributed by atoms with Crippen molar-refractivity contribution in [2.24, 2.45) is 5.92 Å². The van der Waals surface area contributed by atoms with Crippen LogP contribution in [0, 0.1) is 5.92 Å². The maximum Gasteiger partial charge on any atom is 0.454 e. The minimum atomic E-state index is -5.56. The Bertz CT molecular complexity index is 1170. The van der Waals surface area contributed by atoms with Crippen LogP contribution in [0.1, 0.15) is 43.0 Å². The highest BCUT2D eigenvalue weighted by Gasteiger charge is 2.58. The molecule has 1 atom stereocenters. The van der Waals surface area contributed by atoms with Gasteiger partial charge in [0.1, 0.15) is 5.54 Å². The number of hydrogen-bond donors (Lipinski definition) is 1. The van der Waals surface area contributed by atoms with Crippen LogP contribution < -0.4 is 4.74 Å². The third kappa shape index (κ3) is 6.29. The molecule has 8 nitrogen and oxygen atoms in total. The highest BCUT2D eigenvalue weighted by Crippen LogP contribution is 2.37. The summed E-state index contributed by atoms with van der Waals surface area (Å²) in [5.41, 5.74) is 0.359. The molecule has 0 aliphatic carbocycles. The number of carboxylic acids is 1. The van der Waals surface area contributed by atoms with Crippen LogP contribution in [0.3, 0.4) is 0 Å². The number of nitrogens with zero attached hydrogens (tertiary/aromatic N) is 4. The Morgan fingerprint density at radius 2 is 1.72 bits per heavy atom. The number of carbonyl (C=O) groups excluding carboxylic acids is 1. The van der Waals surface area contributed by atoms with Gasteiger partial charge in [0.05, 0.1) is 31.2 Å². The van der Waals surface area contributed by atoms with Gasteiger partial charge in [-0.05, 0) is 63.7 Å². The standard InChI is InChI=1S/C26H29F5N4O4/c1-24(23(37)38)9-2-10-35(24)22(36)19-5-3-18(4-6-19)20-13-33-21(14-32-20)39-15-17-7-11-34(12-8-17)16-25(27,28)26(29,30)31/h3-6,13-14,17H,2,7-12,15-16H2,1H3,(H,37,38)/t24-/m0/s1. The normalized spacial score (nSPS) is 21.2. The van der Waals surface area contributed by atoms with E-state index in [0.29, 0.717) is 49.0 Å². The number of piperidine rings is 1. The zero-order valence-corrected chi connectivity index (χ0v) is 21.3. The molecular formula is C26H29F5N4O4. The van der Waals surface area contributed by atoms with Crippen molar-refractivity contribution in [3.05, 3.63) is 42.2 Å². The highest BCUT2D eigenvalue weighted by atomic mass is 19.4. The summed E-state index contributed by atoms with van der Waals surface area (Å²) in [6.45, 7) is 1.07. The van der Waals surface area contributed by atoms with E-state index < -0.39 is 30.2 Å². The number of carbonyl (C=O) groups is 2. The first-order valence-corrected chi connectivity index (χ1v) is 12.6. The summed E-state index contributed by atoms with van der Waals surface area (Å²) in [4.78, 5) is 35.7. The lowest BCUT2D eigenvalue weighted by molar-refractivity contribution is -0.287. The number of halogens is 5. The molecule has 0 radical (unpaired) electrons. The first-order chi connectivity index (χ1) is 18.3. The number of ether oxygens (including phenoxy) is 1. The molecule has 0 saturated carbocycles. The average molecular weight is 557 g/mol. The number of aromatic nitrogens is 2. The first-order valence-electron chi connectivity index (χ1n) is 12.6. The van der Waals surface area contributed by atoms with Crippen LogP contribution in [0.5, 0.6) is 5.88 Å². The minimum Gasteiger partial charge on any atom is -0.480 e. The van der Waals surface area contributed by atoms with Gasteiger partial charge in [-0.2, -0.15) is 22.0 Å². The summed E-state index contributed by atoms with van der Waals surface area (Å²) in [6, 6.07) is 6.62. The van der Waals surface area contributed by atoms with Gasteiger partial charge < -0.3 is 14.7 Å². The van der Waals surface area contributed by atoms with Crippen LogP contribution in [0.25, 0.3) is 11.3 Å². The molecule has 2 aromatic rings. The summed E-state index contributed by atoms with van der Waals surface area (Å²) in [6.07, 6.45) is -0.769. The number of carboxylic acid groups (broad SMARTS) is 1. The van der Waals surface area contributed by atoms with Gasteiger partial charge in [0.15, 0.2) is 0 Å². The van der Waals surface area contributed by atoms with Gasteiger partial charge in [0.25, 0.3) is 5.91 Å². The molecule has 0 unspecified atom stereocenters. The Balaban J connectivity index is 1.27. The van der Waals surface area contributed by atoms with Crippen LogP contribution in [0.2, 0.25) is 0 Å². The predicted octanol–water partition coefficient (Wildman–Crippen LogP) is 4.51. The summed E-state index contributed by atoms with van der Waals surface area (Å²) < 4.78 is 69.5. The number of hydrogen-bond acceptors (Lipinski definition) is 6. The number of benzene rings is 1. The number of rotatable bonds is 8. The maximum atomic E-state index is 13.3. The van der Waals surface area contributed by atoms with E-state index in [1.807, 2.05) is 0 Å². The van der Waals surface area contributed by atoms with Crippen molar-refractivity contribution >= 4 is 11.9 Å². The molecule has 39 heavy (non-hydrogen) atoms. The van der Waals surface area contributed by atoms with Gasteiger partial charge in [-0.1, -0.05) is 12.1 Å². The van der Waals surface area contributed by atoms with Crippen molar-refractivity contribution in [2.75, 3.05) is 32.8 Å². The summed E-state index contributed by atoms with van der Waals surface area (Å²) in [5, 5.41) is 9.56. The molecule has 3 heterocycles. The van der Waals surface area contributed by atoms with Crippen LogP contribution in [0.4, 0.5) is 22.0 Å². The second kappa shape index (κ2) is 11.0. The quantitative estimate of drug-likeness (QED) is 0.478. The molecule has 2 saturated heterocycles. The topological polar surface area (TPSA) is 95.9 Å². The second-order valence-electron chi connectivity index (χ2n) is 10.2. The van der Waals surface area contributed by atoms with E-state index >= 15 is 0 Å². The molecule has 1 aromatic carbocycles. The van der Waals surface area contributed by atoms with E-state index in [1.54, 1.807) is 31.2 Å². The third-order valence-corrected chi connectivity index (χ3v) is 7.41. The van der Waals surface area contributed by atoms with Crippen LogP contribution in [-0.4, -0.2) is 87.2 Å². The lowest BCUT2D eigenvalue weighted by Gasteiger charge is -2.34. The lowest BCUT2D eigenvalue weighted by atomic mass is 9.97. The molecule has 1 aromatic heterocycles. The monoisotopic (exact) mass is 556 g/mol. The molecule has 1 amide bonds. The lowest BCUT2D eigenvalue weighted by Crippen LogP contribution is -2.50. The summed E-state index contributed by atoms with van der Waals surface area (Å²) in [5.74, 6) is -5.87. The van der Waals surface area contributed by atoms with E-state index in [0.717, 1.165) is 4.90 Å². The molecule has 0 bridgehead atoms. The molecule has 4 rings (SSSR count). The molecule has 2 fully saturated rings. The predicted molar refractivity (Wildman–Crippen MR) is 129 cm³/mol. The Morgan fingerprint density at radius 3 is 2.28 bits per heavy atom. The molecule has 0 spiro atoms. The maximum absolute atomic E-state index is 13.3. The van der Waals surface area contributed by atoms with Gasteiger partial charge >= 0.3 is 18.1 Å². The Labute approximate surface area is 221 Å². The SMILES string of the molecule is C[C@@]1(C(=O)O)CCCN1C(=O)c1ccc(-c2cnc(OCC3CCN(CC(F)(F)C(F)(F)F)CC3)cn2)cc1. The van der Waals surface area contributed by atoms with Gasteiger partial charge in [-0.25, -0.2) is 14.8 Å². The fourth-order valence-corrected chi connectivity index (χ4v) is 4.88. The number of alkyl halides is 5. The van der Waals surface area contributed by atoms with E-state index in [2.05, 4.69) is 9.97 Å². The molecule has 13 heteroatoms. The van der Waals surface area contributed by atoms with Gasteiger partial charge in [0, 0.05) is 17.7 Å². The van der Waals surface area contributed by atoms with Crippen molar-refractivity contribution in [1.29, 1.82) is 0 Å². The van der Waals surface area contributed by atoms with Crippen molar-refractivity contribution in [3.8, 4) is 17.1 Å². The van der Waals surface area contributed by atoms with Crippen LogP contribution in [0.15, 0.2) is 36.7 Å². The third-order valence-electron chi connectivity index (χ3n) is 7.41. The van der Waals surface area contributed by atoms with Crippen molar-refractivity contribution in [1.82, 2.24) is 19.8 Å². The first kappa shape index (κ1) is 28.7. The summed E-state index contributed by atoms with van der Waals surface area (Å²) >= 11 is 0. The fraction of sp³-hybridized carbons (Fsp3) is 0.538. The van der Waals surface area contributed by atoms with Crippen LogP contribution >= 0.6 is 0 Å². The van der Waals surface area contributed by atoms with Crippen molar-refractivity contribution in [2.45, 2.75) is 50.2 Å². The molecular weight excluding hydrogens is 527 g/mol. The van der Waals surface area contributed by atoms with Gasteiger partial charge in [-0.3, -0.25) is 9.69 Å². The van der Waals surface area contributed by atoms with Gasteiger partial charge in [-0.15, -0.1) is 0 Å². The zero-order valence-electron chi connectivity index (χ0n) is 21.3. The molecule has 1 N–H and O–H groups in total. The summed E-state index contributed by atoms with van der Waals surface area (Å²) in [7, 11) is 0. The van der Waals surface area contributed by atoms with E-state index in [-0.39, 0.29) is 37.4 Å². The Hall–Kier alpha value is -3.35. The smallest absolute Gasteiger partial charge is 0.454 e. The Kier molecular flexibility index (Phi) is 8.10. The minimum absolute atomic E-state index is 0.00842. The zero-order chi connectivity index (χ0) is 28.4. The molecule has 2 aliphatic rings. The van der Waals surface area contributed by atoms with E-state index in [1.165, 1.54) is 17.3 Å². The van der Waals surface area contributed by atoms with Crippen molar-refractivity contribution in [3.63, 3.8) is 0 Å². The van der Waals surface area contributed by atoms with Crippen molar-refractivity contribution < 1.29 is 41.4 Å². The molecule has 212 valence electrons. The average Bonchev–Trinajstić information content (AvgIpc) is 3.30. The number of likely N-dealkylation sites (tertiary alicyclic amines) is 2. The highest BCUT2D eigenvalue weighted by molar-refractivity contribution is 5.98. The molecule has 2 aliphatic heterocycles. The van der Waals surface area contributed by atoms with E-state index in [4.69, 9.17) is 4.74 Å².